The lowest BCUT2D eigenvalue weighted by molar-refractivity contribution is -0.134. The Morgan fingerprint density at radius 1 is 1.62 bits per heavy atom. The van der Waals surface area contributed by atoms with Crippen molar-refractivity contribution in [2.75, 3.05) is 7.11 Å². The summed E-state index contributed by atoms with van der Waals surface area (Å²) in [5, 5.41) is 0. The minimum Gasteiger partial charge on any atom is -0.466 e. The topological polar surface area (TPSA) is 26.3 Å². The second-order valence-corrected chi connectivity index (χ2v) is 0.727. The van der Waals surface area contributed by atoms with Crippen LogP contribution >= 0.6 is 0 Å². The molecule has 0 amide bonds. The van der Waals surface area contributed by atoms with E-state index in [0.717, 1.165) is 6.08 Å². The molecule has 0 aliphatic carbocycles. The highest BCUT2D eigenvalue weighted by molar-refractivity contribution is 5.80. The van der Waals surface area contributed by atoms with E-state index in [2.05, 4.69) is 11.3 Å². The van der Waals surface area contributed by atoms with Gasteiger partial charge >= 0.3 is 5.97 Å². The monoisotopic (exact) mass is 116 g/mol. The lowest BCUT2D eigenvalue weighted by Gasteiger charge is -1.83. The number of carbonyl (C=O) groups excluding carboxylic acids is 1. The zero-order valence-corrected chi connectivity index (χ0v) is 5.60. The summed E-state index contributed by atoms with van der Waals surface area (Å²) in [4.78, 5) is 9.84. The van der Waals surface area contributed by atoms with E-state index in [1.54, 1.807) is 0 Å². The maximum Gasteiger partial charge on any atom is 0.329 e. The zero-order chi connectivity index (χ0) is 6.99. The van der Waals surface area contributed by atoms with Gasteiger partial charge in [0.15, 0.2) is 0 Å². The van der Waals surface area contributed by atoms with Gasteiger partial charge in [0.25, 0.3) is 0 Å². The number of rotatable bonds is 1. The first-order valence-corrected chi connectivity index (χ1v) is 2.51. The molecule has 0 radical (unpaired) electrons. The van der Waals surface area contributed by atoms with E-state index >= 15 is 0 Å². The average Bonchev–Trinajstić information content (AvgIpc) is 1.91. The number of ether oxygens (including phenoxy) is 1. The Balaban J connectivity index is 0. The molecule has 8 heavy (non-hydrogen) atoms. The fraction of sp³-hybridized carbons (Fsp3) is 0.500. The Morgan fingerprint density at radius 2 is 2.00 bits per heavy atom. The predicted octanol–water partition coefficient (Wildman–Crippen LogP) is 1.37. The molecular formula is C6H12O2. The van der Waals surface area contributed by atoms with E-state index in [0.29, 0.717) is 0 Å². The van der Waals surface area contributed by atoms with Gasteiger partial charge in [0, 0.05) is 6.08 Å². The van der Waals surface area contributed by atoms with Crippen LogP contribution in [0.1, 0.15) is 13.8 Å². The number of esters is 1. The second-order valence-electron chi connectivity index (χ2n) is 0.727. The highest BCUT2D eigenvalue weighted by Crippen LogP contribution is 1.67. The molecular weight excluding hydrogens is 104 g/mol. The molecule has 0 atom stereocenters. The quantitative estimate of drug-likeness (QED) is 0.382. The van der Waals surface area contributed by atoms with Crippen LogP contribution in [-0.2, 0) is 9.53 Å². The van der Waals surface area contributed by atoms with Crippen LogP contribution in [0.5, 0.6) is 0 Å². The van der Waals surface area contributed by atoms with Gasteiger partial charge in [0.05, 0.1) is 7.11 Å². The lowest BCUT2D eigenvalue weighted by atomic mass is 10.7. The van der Waals surface area contributed by atoms with E-state index in [4.69, 9.17) is 0 Å². The van der Waals surface area contributed by atoms with Crippen LogP contribution < -0.4 is 0 Å². The predicted molar refractivity (Wildman–Crippen MR) is 33.6 cm³/mol. The maximum absolute atomic E-state index is 9.84. The van der Waals surface area contributed by atoms with Crippen LogP contribution in [0, 0.1) is 0 Å². The van der Waals surface area contributed by atoms with Gasteiger partial charge in [-0.05, 0) is 0 Å². The fourth-order valence-electron chi connectivity index (χ4n) is 0.0833. The van der Waals surface area contributed by atoms with E-state index in [1.165, 1.54) is 7.11 Å². The van der Waals surface area contributed by atoms with Crippen LogP contribution in [0.4, 0.5) is 0 Å². The molecule has 0 spiro atoms. The van der Waals surface area contributed by atoms with Crippen LogP contribution in [0.2, 0.25) is 0 Å². The molecule has 48 valence electrons. The van der Waals surface area contributed by atoms with Crippen molar-refractivity contribution in [2.24, 2.45) is 0 Å². The number of hydrogen-bond donors (Lipinski definition) is 0. The van der Waals surface area contributed by atoms with Gasteiger partial charge in [0.1, 0.15) is 0 Å². The molecule has 0 fully saturated rings. The summed E-state index contributed by atoms with van der Waals surface area (Å²) in [6.45, 7) is 7.16. The molecule has 0 aromatic heterocycles. The molecule has 0 bridgehead atoms. The number of carbonyl (C=O) groups is 1. The molecule has 0 aromatic rings. The normalized spacial score (nSPS) is 5.88. The summed E-state index contributed by atoms with van der Waals surface area (Å²) in [5.74, 6) is -0.394. The number of hydrogen-bond acceptors (Lipinski definition) is 2. The van der Waals surface area contributed by atoms with Crippen molar-refractivity contribution in [1.82, 2.24) is 0 Å². The van der Waals surface area contributed by atoms with Crippen LogP contribution in [0.25, 0.3) is 0 Å². The molecule has 0 saturated carbocycles. The summed E-state index contributed by atoms with van der Waals surface area (Å²) in [5.41, 5.74) is 0. The van der Waals surface area contributed by atoms with E-state index in [1.807, 2.05) is 13.8 Å². The first kappa shape index (κ1) is 10.2. The standard InChI is InChI=1S/C4H6O2.C2H6/c1-3-4(5)6-2;1-2/h3H,1H2,2H3;1-2H3. The van der Waals surface area contributed by atoms with Crippen molar-refractivity contribution in [3.05, 3.63) is 12.7 Å². The minimum absolute atomic E-state index is 0.394. The third-order valence-electron chi connectivity index (χ3n) is 0.368. The van der Waals surface area contributed by atoms with Gasteiger partial charge < -0.3 is 4.74 Å². The van der Waals surface area contributed by atoms with Crippen molar-refractivity contribution in [2.45, 2.75) is 13.8 Å². The Hall–Kier alpha value is -0.790. The van der Waals surface area contributed by atoms with Gasteiger partial charge in [-0.15, -0.1) is 0 Å². The van der Waals surface area contributed by atoms with Crippen molar-refractivity contribution in [3.63, 3.8) is 0 Å². The van der Waals surface area contributed by atoms with Gasteiger partial charge in [-0.25, -0.2) is 4.79 Å². The molecule has 0 aliphatic rings. The van der Waals surface area contributed by atoms with Gasteiger partial charge in [-0.3, -0.25) is 0 Å². The Bertz CT molecular complexity index is 66.9. The van der Waals surface area contributed by atoms with Crippen LogP contribution in [0.3, 0.4) is 0 Å². The molecule has 2 heteroatoms. The van der Waals surface area contributed by atoms with Gasteiger partial charge in [-0.2, -0.15) is 0 Å². The second kappa shape index (κ2) is 9.51. The number of methoxy groups -OCH3 is 1. The average molecular weight is 116 g/mol. The van der Waals surface area contributed by atoms with Crippen molar-refractivity contribution < 1.29 is 9.53 Å². The zero-order valence-electron chi connectivity index (χ0n) is 5.60. The van der Waals surface area contributed by atoms with Gasteiger partial charge in [0.2, 0.25) is 0 Å². The van der Waals surface area contributed by atoms with Crippen molar-refractivity contribution in [1.29, 1.82) is 0 Å². The first-order chi connectivity index (χ1) is 3.81. The molecule has 0 aliphatic heterocycles. The van der Waals surface area contributed by atoms with E-state index in [-0.39, 0.29) is 0 Å². The highest BCUT2D eigenvalue weighted by Gasteiger charge is 1.81. The van der Waals surface area contributed by atoms with Crippen LogP contribution in [0.15, 0.2) is 12.7 Å². The SMILES string of the molecule is C=CC(=O)OC.CC. The Morgan fingerprint density at radius 3 is 2.00 bits per heavy atom. The molecule has 0 saturated heterocycles. The third kappa shape index (κ3) is 8.96. The minimum atomic E-state index is -0.394. The van der Waals surface area contributed by atoms with Gasteiger partial charge in [-0.1, -0.05) is 20.4 Å². The maximum atomic E-state index is 9.84. The summed E-state index contributed by atoms with van der Waals surface area (Å²) < 4.78 is 4.14. The summed E-state index contributed by atoms with van der Waals surface area (Å²) in [6.07, 6.45) is 1.11. The van der Waals surface area contributed by atoms with E-state index < -0.39 is 5.97 Å². The molecule has 0 N–H and O–H groups in total. The molecule has 0 rings (SSSR count). The highest BCUT2D eigenvalue weighted by atomic mass is 16.5. The third-order valence-corrected chi connectivity index (χ3v) is 0.368. The smallest absolute Gasteiger partial charge is 0.329 e. The molecule has 0 unspecified atom stereocenters. The Kier molecular flexibility index (Phi) is 12.2. The van der Waals surface area contributed by atoms with Crippen molar-refractivity contribution in [3.8, 4) is 0 Å². The van der Waals surface area contributed by atoms with E-state index in [9.17, 15) is 4.79 Å². The largest absolute Gasteiger partial charge is 0.466 e. The molecule has 0 aromatic carbocycles. The molecule has 0 heterocycles. The fourth-order valence-corrected chi connectivity index (χ4v) is 0.0833. The Labute approximate surface area is 50.2 Å². The lowest BCUT2D eigenvalue weighted by Crippen LogP contribution is -1.91. The molecule has 2 nitrogen and oxygen atoms in total. The summed E-state index contributed by atoms with van der Waals surface area (Å²) >= 11 is 0. The first-order valence-electron chi connectivity index (χ1n) is 2.51. The van der Waals surface area contributed by atoms with Crippen LogP contribution in [-0.4, -0.2) is 13.1 Å². The summed E-state index contributed by atoms with van der Waals surface area (Å²) in [7, 11) is 1.31. The van der Waals surface area contributed by atoms with Crippen molar-refractivity contribution >= 4 is 5.97 Å². The summed E-state index contributed by atoms with van der Waals surface area (Å²) in [6, 6.07) is 0.